The number of anilines is 3. The number of hydrogen-bond acceptors (Lipinski definition) is 12. The van der Waals surface area contributed by atoms with E-state index in [1.54, 1.807) is 19.2 Å². The molecule has 2 atom stereocenters. The lowest BCUT2D eigenvalue weighted by molar-refractivity contribution is -0.142. The van der Waals surface area contributed by atoms with Crippen molar-refractivity contribution in [3.8, 4) is 0 Å². The minimum Gasteiger partial charge on any atom is -0.481 e. The van der Waals surface area contributed by atoms with Crippen molar-refractivity contribution < 1.29 is 39.3 Å². The standard InChI is InChI=1S/C30H31N9O8/c1-39(14-17-13-33-25-23(34-17)24(31)37-30(32)38-25)18-8-6-15(7-9-18)26(42)35-20(10-11-22(40)41)27(43)36-21(29(46)47)12-16-4-2-3-5-19(16)28(44)45/h2-9,13,20-21H,10-12,14H2,1H3,(H,35,42)(H,36,43)(H,40,41)(H,44,45)(H,46,47)(H4,31,32,33,37,38)/t20-,21-/m0/s1. The van der Waals surface area contributed by atoms with Gasteiger partial charge in [0.25, 0.3) is 5.91 Å². The lowest BCUT2D eigenvalue weighted by atomic mass is 9.99. The third-order valence-electron chi connectivity index (χ3n) is 7.03. The van der Waals surface area contributed by atoms with Crippen LogP contribution in [0.5, 0.6) is 0 Å². The van der Waals surface area contributed by atoms with Crippen LogP contribution in [-0.4, -0.2) is 84.1 Å². The molecule has 0 saturated heterocycles. The van der Waals surface area contributed by atoms with E-state index in [0.717, 1.165) is 0 Å². The molecule has 0 unspecified atom stereocenters. The van der Waals surface area contributed by atoms with E-state index < -0.39 is 48.2 Å². The molecule has 47 heavy (non-hydrogen) atoms. The molecule has 0 saturated carbocycles. The Bertz CT molecular complexity index is 1830. The first-order chi connectivity index (χ1) is 22.3. The molecule has 0 radical (unpaired) electrons. The van der Waals surface area contributed by atoms with Gasteiger partial charge < -0.3 is 42.3 Å². The SMILES string of the molecule is CN(Cc1cnc2nc(N)nc(N)c2n1)c1ccc(C(=O)N[C@@H](CCC(=O)O)C(=O)N[C@@H](Cc2ccccc2C(=O)O)C(=O)O)cc1. The largest absolute Gasteiger partial charge is 0.481 e. The molecule has 2 aromatic carbocycles. The van der Waals surface area contributed by atoms with Crippen LogP contribution < -0.4 is 27.0 Å². The Hall–Kier alpha value is -6.39. The molecule has 17 nitrogen and oxygen atoms in total. The van der Waals surface area contributed by atoms with E-state index in [-0.39, 0.29) is 46.9 Å². The molecule has 4 rings (SSSR count). The van der Waals surface area contributed by atoms with Crippen LogP contribution in [0, 0.1) is 0 Å². The summed E-state index contributed by atoms with van der Waals surface area (Å²) in [5.74, 6) is -5.52. The zero-order valence-corrected chi connectivity index (χ0v) is 25.0. The summed E-state index contributed by atoms with van der Waals surface area (Å²) in [5.41, 5.74) is 13.5. The van der Waals surface area contributed by atoms with Crippen molar-refractivity contribution >= 4 is 58.3 Å². The topological polar surface area (TPSA) is 277 Å². The second-order valence-corrected chi connectivity index (χ2v) is 10.4. The molecule has 2 amide bonds. The molecule has 2 aromatic heterocycles. The van der Waals surface area contributed by atoms with E-state index in [1.807, 2.05) is 4.90 Å². The Kier molecular flexibility index (Phi) is 10.4. The van der Waals surface area contributed by atoms with Crippen LogP contribution in [0.4, 0.5) is 17.5 Å². The molecule has 0 fully saturated rings. The summed E-state index contributed by atoms with van der Waals surface area (Å²) in [5, 5.41) is 33.1. The summed E-state index contributed by atoms with van der Waals surface area (Å²) in [6, 6.07) is 9.06. The molecule has 0 aliphatic rings. The first-order valence-electron chi connectivity index (χ1n) is 14.0. The fourth-order valence-corrected chi connectivity index (χ4v) is 4.64. The number of fused-ring (bicyclic) bond motifs is 1. The summed E-state index contributed by atoms with van der Waals surface area (Å²) in [6.45, 7) is 0.303. The van der Waals surface area contributed by atoms with Crippen molar-refractivity contribution in [2.75, 3.05) is 23.4 Å². The number of carboxylic acid groups (broad SMARTS) is 3. The number of aliphatic carboxylic acids is 2. The van der Waals surface area contributed by atoms with Gasteiger partial charge in [-0.2, -0.15) is 9.97 Å². The van der Waals surface area contributed by atoms with Gasteiger partial charge in [-0.3, -0.25) is 14.4 Å². The predicted octanol–water partition coefficient (Wildman–Crippen LogP) is 0.694. The first kappa shape index (κ1) is 33.5. The molecule has 17 heteroatoms. The van der Waals surface area contributed by atoms with Crippen LogP contribution in [0.25, 0.3) is 11.2 Å². The number of hydrogen-bond donors (Lipinski definition) is 7. The van der Waals surface area contributed by atoms with Gasteiger partial charge in [-0.25, -0.2) is 19.6 Å². The van der Waals surface area contributed by atoms with Crippen LogP contribution in [-0.2, 0) is 27.3 Å². The third-order valence-corrected chi connectivity index (χ3v) is 7.03. The highest BCUT2D eigenvalue weighted by molar-refractivity contribution is 5.98. The highest BCUT2D eigenvalue weighted by Crippen LogP contribution is 2.19. The molecular formula is C30H31N9O8. The number of nitrogen functional groups attached to an aromatic ring is 2. The minimum atomic E-state index is -1.56. The minimum absolute atomic E-state index is 0.0178. The number of amides is 2. The van der Waals surface area contributed by atoms with Crippen molar-refractivity contribution in [1.29, 1.82) is 0 Å². The molecule has 0 aliphatic heterocycles. The zero-order chi connectivity index (χ0) is 34.2. The Morgan fingerprint density at radius 3 is 2.26 bits per heavy atom. The quantitative estimate of drug-likeness (QED) is 0.0993. The number of nitrogens with one attached hydrogen (secondary N) is 2. The Labute approximate surface area is 266 Å². The van der Waals surface area contributed by atoms with Gasteiger partial charge in [0.05, 0.1) is 24.0 Å². The highest BCUT2D eigenvalue weighted by Gasteiger charge is 2.28. The number of aromatic nitrogens is 4. The molecule has 2 heterocycles. The maximum Gasteiger partial charge on any atom is 0.335 e. The molecule has 0 aliphatic carbocycles. The van der Waals surface area contributed by atoms with Crippen LogP contribution in [0.1, 0.15) is 44.8 Å². The molecule has 9 N–H and O–H groups in total. The Balaban J connectivity index is 1.44. The van der Waals surface area contributed by atoms with Gasteiger partial charge in [-0.15, -0.1) is 0 Å². The normalized spacial score (nSPS) is 12.1. The van der Waals surface area contributed by atoms with Gasteiger partial charge in [-0.1, -0.05) is 18.2 Å². The van der Waals surface area contributed by atoms with E-state index in [2.05, 4.69) is 30.6 Å². The van der Waals surface area contributed by atoms with Crippen LogP contribution in [0.3, 0.4) is 0 Å². The van der Waals surface area contributed by atoms with Gasteiger partial charge in [0.2, 0.25) is 11.9 Å². The fraction of sp³-hybridized carbons (Fsp3) is 0.233. The molecule has 4 aromatic rings. The van der Waals surface area contributed by atoms with Crippen LogP contribution in [0.15, 0.2) is 54.7 Å². The monoisotopic (exact) mass is 645 g/mol. The zero-order valence-electron chi connectivity index (χ0n) is 25.0. The Morgan fingerprint density at radius 2 is 1.60 bits per heavy atom. The predicted molar refractivity (Wildman–Crippen MR) is 167 cm³/mol. The van der Waals surface area contributed by atoms with Crippen molar-refractivity contribution in [2.45, 2.75) is 37.9 Å². The van der Waals surface area contributed by atoms with E-state index in [0.29, 0.717) is 23.4 Å². The summed E-state index contributed by atoms with van der Waals surface area (Å²) in [6.07, 6.45) is 0.332. The smallest absolute Gasteiger partial charge is 0.335 e. The van der Waals surface area contributed by atoms with Crippen molar-refractivity contribution in [1.82, 2.24) is 30.6 Å². The summed E-state index contributed by atoms with van der Waals surface area (Å²) in [7, 11) is 1.78. The maximum absolute atomic E-state index is 13.1. The summed E-state index contributed by atoms with van der Waals surface area (Å²) < 4.78 is 0. The Morgan fingerprint density at radius 1 is 0.894 bits per heavy atom. The third kappa shape index (κ3) is 8.62. The number of nitrogens with two attached hydrogens (primary N) is 2. The first-order valence-corrected chi connectivity index (χ1v) is 14.0. The highest BCUT2D eigenvalue weighted by atomic mass is 16.4. The maximum atomic E-state index is 13.1. The van der Waals surface area contributed by atoms with E-state index >= 15 is 0 Å². The summed E-state index contributed by atoms with van der Waals surface area (Å²) in [4.78, 5) is 79.4. The van der Waals surface area contributed by atoms with Crippen LogP contribution >= 0.6 is 0 Å². The number of nitrogens with zero attached hydrogens (tertiary/aromatic N) is 5. The lowest BCUT2D eigenvalue weighted by Crippen LogP contribution is -2.52. The number of carbonyl (C=O) groups excluding carboxylic acids is 2. The number of carboxylic acids is 3. The van der Waals surface area contributed by atoms with Crippen molar-refractivity contribution in [2.24, 2.45) is 0 Å². The van der Waals surface area contributed by atoms with Gasteiger partial charge in [0.15, 0.2) is 17.0 Å². The number of aromatic carboxylic acids is 1. The molecular weight excluding hydrogens is 614 g/mol. The second kappa shape index (κ2) is 14.6. The lowest BCUT2D eigenvalue weighted by Gasteiger charge is -2.22. The van der Waals surface area contributed by atoms with E-state index in [1.165, 1.54) is 42.6 Å². The molecule has 244 valence electrons. The van der Waals surface area contributed by atoms with Crippen molar-refractivity contribution in [3.05, 3.63) is 77.1 Å². The fourth-order valence-electron chi connectivity index (χ4n) is 4.64. The van der Waals surface area contributed by atoms with Gasteiger partial charge in [0.1, 0.15) is 12.1 Å². The van der Waals surface area contributed by atoms with E-state index in [4.69, 9.17) is 11.5 Å². The van der Waals surface area contributed by atoms with Gasteiger partial charge in [-0.05, 0) is 42.3 Å². The number of benzene rings is 2. The van der Waals surface area contributed by atoms with Crippen LogP contribution in [0.2, 0.25) is 0 Å². The average Bonchev–Trinajstić information content (AvgIpc) is 3.02. The van der Waals surface area contributed by atoms with Gasteiger partial charge in [0, 0.05) is 31.1 Å². The summed E-state index contributed by atoms with van der Waals surface area (Å²) >= 11 is 0. The number of carbonyl (C=O) groups is 5. The van der Waals surface area contributed by atoms with Crippen molar-refractivity contribution in [3.63, 3.8) is 0 Å². The van der Waals surface area contributed by atoms with Gasteiger partial charge >= 0.3 is 17.9 Å². The molecule has 0 spiro atoms. The molecule has 0 bridgehead atoms. The van der Waals surface area contributed by atoms with E-state index in [9.17, 15) is 39.3 Å². The number of rotatable bonds is 14. The average molecular weight is 646 g/mol. The second-order valence-electron chi connectivity index (χ2n) is 10.4.